The van der Waals surface area contributed by atoms with Gasteiger partial charge in [0.05, 0.1) is 0 Å². The molecule has 0 unspecified atom stereocenters. The van der Waals surface area contributed by atoms with Crippen molar-refractivity contribution in [2.24, 2.45) is 0 Å². The molecule has 0 aliphatic carbocycles. The van der Waals surface area contributed by atoms with Crippen LogP contribution in [0.25, 0.3) is 10.9 Å². The lowest BCUT2D eigenvalue weighted by atomic mass is 10.2. The highest BCUT2D eigenvalue weighted by Crippen LogP contribution is 2.28. The number of benzene rings is 2. The van der Waals surface area contributed by atoms with Crippen LogP contribution < -0.4 is 9.64 Å². The second-order valence-electron chi connectivity index (χ2n) is 6.78. The number of hydrogen-bond donors (Lipinski definition) is 0. The Bertz CT molecular complexity index is 888. The number of anilines is 1. The molecule has 4 rings (SSSR count). The third-order valence-electron chi connectivity index (χ3n) is 4.94. The monoisotopic (exact) mass is 350 g/mol. The highest BCUT2D eigenvalue weighted by atomic mass is 19.1. The fourth-order valence-electron chi connectivity index (χ4n) is 3.47. The molecule has 0 N–H and O–H groups in total. The zero-order valence-electron chi connectivity index (χ0n) is 14.8. The third kappa shape index (κ3) is 3.64. The number of rotatable bonds is 4. The first-order valence-electron chi connectivity index (χ1n) is 9.32. The van der Waals surface area contributed by atoms with Gasteiger partial charge in [0.15, 0.2) is 0 Å². The molecule has 0 amide bonds. The Morgan fingerprint density at radius 2 is 1.69 bits per heavy atom. The van der Waals surface area contributed by atoms with Crippen LogP contribution in [-0.4, -0.2) is 18.1 Å². The highest BCUT2D eigenvalue weighted by molar-refractivity contribution is 5.86. The summed E-state index contributed by atoms with van der Waals surface area (Å²) in [4.78, 5) is 7.24. The maximum absolute atomic E-state index is 13.8. The molecule has 2 aromatic carbocycles. The summed E-state index contributed by atoms with van der Waals surface area (Å²) in [5, 5.41) is 1.04. The molecule has 134 valence electrons. The lowest BCUT2D eigenvalue weighted by molar-refractivity contribution is 0.303. The van der Waals surface area contributed by atoms with Gasteiger partial charge >= 0.3 is 0 Å². The van der Waals surface area contributed by atoms with Crippen LogP contribution in [0.5, 0.6) is 5.75 Å². The van der Waals surface area contributed by atoms with Gasteiger partial charge in [-0.1, -0.05) is 43.2 Å². The topological polar surface area (TPSA) is 25.4 Å². The SMILES string of the molecule is Fc1ccccc1COc1cccc2ccc(N3CCCCCC3)nc12. The van der Waals surface area contributed by atoms with Crippen LogP contribution in [0.4, 0.5) is 10.2 Å². The summed E-state index contributed by atoms with van der Waals surface area (Å²) in [6, 6.07) is 16.8. The summed E-state index contributed by atoms with van der Waals surface area (Å²) in [6.45, 7) is 2.30. The van der Waals surface area contributed by atoms with E-state index in [-0.39, 0.29) is 12.4 Å². The van der Waals surface area contributed by atoms with Crippen LogP contribution in [0.2, 0.25) is 0 Å². The predicted molar refractivity (Wildman–Crippen MR) is 103 cm³/mol. The minimum atomic E-state index is -0.244. The second kappa shape index (κ2) is 7.73. The molecule has 1 aromatic heterocycles. The molecule has 3 aromatic rings. The Labute approximate surface area is 153 Å². The number of aromatic nitrogens is 1. The summed E-state index contributed by atoms with van der Waals surface area (Å²) < 4.78 is 19.8. The molecule has 4 heteroatoms. The van der Waals surface area contributed by atoms with Crippen LogP contribution in [-0.2, 0) is 6.61 Å². The van der Waals surface area contributed by atoms with Gasteiger partial charge < -0.3 is 9.64 Å². The van der Waals surface area contributed by atoms with E-state index in [2.05, 4.69) is 17.0 Å². The Morgan fingerprint density at radius 1 is 0.885 bits per heavy atom. The largest absolute Gasteiger partial charge is 0.487 e. The lowest BCUT2D eigenvalue weighted by Crippen LogP contribution is -2.24. The van der Waals surface area contributed by atoms with E-state index < -0.39 is 0 Å². The van der Waals surface area contributed by atoms with E-state index in [1.165, 1.54) is 31.7 Å². The molecule has 1 aliphatic rings. The van der Waals surface area contributed by atoms with E-state index >= 15 is 0 Å². The van der Waals surface area contributed by atoms with E-state index in [1.54, 1.807) is 12.1 Å². The van der Waals surface area contributed by atoms with Gasteiger partial charge in [-0.05, 0) is 37.1 Å². The summed E-state index contributed by atoms with van der Waals surface area (Å²) >= 11 is 0. The Morgan fingerprint density at radius 3 is 2.50 bits per heavy atom. The molecular weight excluding hydrogens is 327 g/mol. The smallest absolute Gasteiger partial charge is 0.146 e. The summed E-state index contributed by atoms with van der Waals surface area (Å²) in [5.74, 6) is 1.45. The number of nitrogens with zero attached hydrogens (tertiary/aromatic N) is 2. The average molecular weight is 350 g/mol. The number of pyridine rings is 1. The van der Waals surface area contributed by atoms with Crippen molar-refractivity contribution < 1.29 is 9.13 Å². The standard InChI is InChI=1S/C22H23FN2O/c23-19-10-4-3-8-18(19)16-26-20-11-7-9-17-12-13-21(24-22(17)20)25-14-5-1-2-6-15-25/h3-4,7-13H,1-2,5-6,14-16H2. The van der Waals surface area contributed by atoms with Gasteiger partial charge in [0.2, 0.25) is 0 Å². The van der Waals surface area contributed by atoms with Gasteiger partial charge in [0.1, 0.15) is 29.5 Å². The molecule has 0 spiro atoms. The number of ether oxygens (including phenoxy) is 1. The van der Waals surface area contributed by atoms with Crippen LogP contribution in [0.15, 0.2) is 54.6 Å². The molecule has 0 radical (unpaired) electrons. The maximum atomic E-state index is 13.8. The van der Waals surface area contributed by atoms with Crippen LogP contribution in [0.1, 0.15) is 31.2 Å². The molecule has 1 fully saturated rings. The number of fused-ring (bicyclic) bond motifs is 1. The van der Waals surface area contributed by atoms with Gasteiger partial charge in [-0.2, -0.15) is 0 Å². The van der Waals surface area contributed by atoms with Crippen LogP contribution in [0.3, 0.4) is 0 Å². The minimum Gasteiger partial charge on any atom is -0.487 e. The van der Waals surface area contributed by atoms with E-state index in [9.17, 15) is 4.39 Å². The molecular formula is C22H23FN2O. The number of para-hydroxylation sites is 1. The van der Waals surface area contributed by atoms with Gasteiger partial charge in [0.25, 0.3) is 0 Å². The van der Waals surface area contributed by atoms with Gasteiger partial charge in [-0.15, -0.1) is 0 Å². The molecule has 0 bridgehead atoms. The van der Waals surface area contributed by atoms with Crippen LogP contribution in [0, 0.1) is 5.82 Å². The Kier molecular flexibility index (Phi) is 5.00. The predicted octanol–water partition coefficient (Wildman–Crippen LogP) is 5.33. The van der Waals surface area contributed by atoms with E-state index in [1.807, 2.05) is 24.3 Å². The average Bonchev–Trinajstić information content (AvgIpc) is 2.96. The molecule has 1 aliphatic heterocycles. The van der Waals surface area contributed by atoms with E-state index in [0.717, 1.165) is 29.8 Å². The summed E-state index contributed by atoms with van der Waals surface area (Å²) in [5.41, 5.74) is 1.39. The van der Waals surface area contributed by atoms with Crippen molar-refractivity contribution in [3.63, 3.8) is 0 Å². The van der Waals surface area contributed by atoms with Crippen LogP contribution >= 0.6 is 0 Å². The van der Waals surface area contributed by atoms with Crippen molar-refractivity contribution in [1.29, 1.82) is 0 Å². The zero-order valence-corrected chi connectivity index (χ0v) is 14.8. The van der Waals surface area contributed by atoms with Crippen molar-refractivity contribution in [3.8, 4) is 5.75 Å². The van der Waals surface area contributed by atoms with Crippen molar-refractivity contribution in [2.75, 3.05) is 18.0 Å². The molecule has 1 saturated heterocycles. The van der Waals surface area contributed by atoms with Crippen molar-refractivity contribution in [1.82, 2.24) is 4.98 Å². The summed E-state index contributed by atoms with van der Waals surface area (Å²) in [6.07, 6.45) is 5.01. The van der Waals surface area contributed by atoms with Crippen molar-refractivity contribution in [3.05, 3.63) is 66.0 Å². The van der Waals surface area contributed by atoms with Crippen molar-refractivity contribution >= 4 is 16.7 Å². The number of halogens is 1. The molecule has 3 nitrogen and oxygen atoms in total. The fraction of sp³-hybridized carbons (Fsp3) is 0.318. The van der Waals surface area contributed by atoms with Gasteiger partial charge in [0, 0.05) is 24.0 Å². The fourth-order valence-corrected chi connectivity index (χ4v) is 3.47. The Hall–Kier alpha value is -2.62. The Balaban J connectivity index is 1.61. The van der Waals surface area contributed by atoms with E-state index in [0.29, 0.717) is 11.3 Å². The first-order chi connectivity index (χ1) is 12.8. The minimum absolute atomic E-state index is 0.196. The van der Waals surface area contributed by atoms with Gasteiger partial charge in [-0.25, -0.2) is 9.37 Å². The van der Waals surface area contributed by atoms with Gasteiger partial charge in [-0.3, -0.25) is 0 Å². The number of hydrogen-bond acceptors (Lipinski definition) is 3. The second-order valence-corrected chi connectivity index (χ2v) is 6.78. The van der Waals surface area contributed by atoms with E-state index in [4.69, 9.17) is 9.72 Å². The normalized spacial score (nSPS) is 15.0. The maximum Gasteiger partial charge on any atom is 0.146 e. The molecule has 2 heterocycles. The summed E-state index contributed by atoms with van der Waals surface area (Å²) in [7, 11) is 0. The third-order valence-corrected chi connectivity index (χ3v) is 4.94. The molecule has 0 atom stereocenters. The van der Waals surface area contributed by atoms with Crippen molar-refractivity contribution in [2.45, 2.75) is 32.3 Å². The molecule has 0 saturated carbocycles. The highest BCUT2D eigenvalue weighted by Gasteiger charge is 2.13. The lowest BCUT2D eigenvalue weighted by Gasteiger charge is -2.22. The zero-order chi connectivity index (χ0) is 17.8. The molecule has 26 heavy (non-hydrogen) atoms. The first-order valence-corrected chi connectivity index (χ1v) is 9.32. The quantitative estimate of drug-likeness (QED) is 0.636. The first kappa shape index (κ1) is 16.8.